The van der Waals surface area contributed by atoms with E-state index in [9.17, 15) is 35.4 Å². The van der Waals surface area contributed by atoms with E-state index in [4.69, 9.17) is 24.1 Å². The van der Waals surface area contributed by atoms with Crippen LogP contribution in [0.2, 0.25) is 0 Å². The van der Waals surface area contributed by atoms with Crippen LogP contribution in [0.5, 0.6) is 0 Å². The van der Waals surface area contributed by atoms with Crippen LogP contribution in [0.4, 0.5) is 0 Å². The predicted octanol–water partition coefficient (Wildman–Crippen LogP) is -0.115. The van der Waals surface area contributed by atoms with E-state index >= 15 is 0 Å². The SMILES string of the molecule is CC.CCC1OC(OC(C)CCCCCCC(=O)O)C(OC2OC(CO)C(O)C(O)C2O)C(O)C1O. The third-order valence-corrected chi connectivity index (χ3v) is 6.30. The third-order valence-electron chi connectivity index (χ3n) is 6.30. The zero-order chi connectivity index (χ0) is 27.4. The number of aliphatic hydroxyl groups is 6. The lowest BCUT2D eigenvalue weighted by atomic mass is 9.96. The Labute approximate surface area is 212 Å². The number of hydrogen-bond acceptors (Lipinski definition) is 11. The van der Waals surface area contributed by atoms with Crippen LogP contribution < -0.4 is 0 Å². The maximum absolute atomic E-state index is 10.7. The van der Waals surface area contributed by atoms with Crippen LogP contribution in [0.25, 0.3) is 0 Å². The molecule has 0 aromatic carbocycles. The van der Waals surface area contributed by atoms with E-state index in [1.165, 1.54) is 0 Å². The van der Waals surface area contributed by atoms with Gasteiger partial charge in [0.1, 0.15) is 42.7 Å². The molecule has 2 rings (SSSR count). The fourth-order valence-electron chi connectivity index (χ4n) is 4.19. The maximum atomic E-state index is 10.7. The van der Waals surface area contributed by atoms with Crippen LogP contribution in [0, 0.1) is 0 Å². The molecule has 0 radical (unpaired) electrons. The van der Waals surface area contributed by atoms with Gasteiger partial charge in [0.2, 0.25) is 0 Å². The fourth-order valence-corrected chi connectivity index (χ4v) is 4.19. The van der Waals surface area contributed by atoms with Crippen molar-refractivity contribution in [3.63, 3.8) is 0 Å². The van der Waals surface area contributed by atoms with E-state index < -0.39 is 74.0 Å². The predicted molar refractivity (Wildman–Crippen MR) is 127 cm³/mol. The van der Waals surface area contributed by atoms with Crippen molar-refractivity contribution in [2.24, 2.45) is 0 Å². The quantitative estimate of drug-likeness (QED) is 0.157. The topological polar surface area (TPSA) is 196 Å². The Morgan fingerprint density at radius 3 is 2.00 bits per heavy atom. The molecule has 0 amide bonds. The fraction of sp³-hybridized carbons (Fsp3) is 0.958. The van der Waals surface area contributed by atoms with Crippen molar-refractivity contribution in [3.8, 4) is 0 Å². The van der Waals surface area contributed by atoms with Gasteiger partial charge >= 0.3 is 5.97 Å². The second-order valence-corrected chi connectivity index (χ2v) is 9.02. The van der Waals surface area contributed by atoms with Gasteiger partial charge in [-0.3, -0.25) is 4.79 Å². The number of carboxylic acids is 1. The van der Waals surface area contributed by atoms with E-state index in [0.717, 1.165) is 19.3 Å². The van der Waals surface area contributed by atoms with Gasteiger partial charge in [-0.25, -0.2) is 0 Å². The number of carboxylic acid groups (broad SMARTS) is 1. The molecule has 0 bridgehead atoms. The van der Waals surface area contributed by atoms with Crippen molar-refractivity contribution in [1.82, 2.24) is 0 Å². The minimum absolute atomic E-state index is 0.136. The molecular weight excluding hydrogens is 480 g/mol. The Morgan fingerprint density at radius 2 is 1.42 bits per heavy atom. The number of ether oxygens (including phenoxy) is 4. The number of rotatable bonds is 13. The Morgan fingerprint density at radius 1 is 0.833 bits per heavy atom. The Bertz CT molecular complexity index is 606. The summed E-state index contributed by atoms with van der Waals surface area (Å²) in [6, 6.07) is 0. The molecular formula is C24H46O12. The molecule has 0 aliphatic carbocycles. The van der Waals surface area contributed by atoms with Gasteiger partial charge in [-0.05, 0) is 26.2 Å². The molecule has 2 saturated heterocycles. The van der Waals surface area contributed by atoms with E-state index in [2.05, 4.69) is 0 Å². The minimum atomic E-state index is -1.69. The molecule has 7 N–H and O–H groups in total. The molecule has 0 aromatic rings. The molecule has 0 spiro atoms. The molecule has 0 aromatic heterocycles. The summed E-state index contributed by atoms with van der Waals surface area (Å²) in [7, 11) is 0. The first kappa shape index (κ1) is 33.1. The van der Waals surface area contributed by atoms with Gasteiger partial charge in [0.15, 0.2) is 12.6 Å². The highest BCUT2D eigenvalue weighted by Crippen LogP contribution is 2.31. The summed E-state index contributed by atoms with van der Waals surface area (Å²) < 4.78 is 22.9. The summed E-state index contributed by atoms with van der Waals surface area (Å²) in [5, 5.41) is 69.5. The number of unbranched alkanes of at least 4 members (excludes halogenated alkanes) is 3. The molecule has 0 saturated carbocycles. The highest BCUT2D eigenvalue weighted by atomic mass is 16.8. The van der Waals surface area contributed by atoms with Gasteiger partial charge in [-0.1, -0.05) is 40.0 Å². The molecule has 11 atom stereocenters. The van der Waals surface area contributed by atoms with Crippen LogP contribution in [0.3, 0.4) is 0 Å². The molecule has 214 valence electrons. The molecule has 12 heteroatoms. The summed E-state index contributed by atoms with van der Waals surface area (Å²) in [6.45, 7) is 6.94. The van der Waals surface area contributed by atoms with E-state index in [0.29, 0.717) is 19.3 Å². The average Bonchev–Trinajstić information content (AvgIpc) is 2.86. The summed E-state index contributed by atoms with van der Waals surface area (Å²) in [5.74, 6) is -0.817. The van der Waals surface area contributed by atoms with Gasteiger partial charge < -0.3 is 54.7 Å². The Balaban J connectivity index is 0.00000316. The zero-order valence-electron chi connectivity index (χ0n) is 21.7. The van der Waals surface area contributed by atoms with Crippen molar-refractivity contribution >= 4 is 5.97 Å². The molecule has 2 fully saturated rings. The third kappa shape index (κ3) is 9.43. The summed E-state index contributed by atoms with van der Waals surface area (Å²) in [4.78, 5) is 10.6. The second-order valence-electron chi connectivity index (χ2n) is 9.02. The number of hydrogen-bond donors (Lipinski definition) is 7. The lowest BCUT2D eigenvalue weighted by Gasteiger charge is -2.46. The molecule has 2 heterocycles. The van der Waals surface area contributed by atoms with Crippen molar-refractivity contribution in [3.05, 3.63) is 0 Å². The summed E-state index contributed by atoms with van der Waals surface area (Å²) in [6.07, 6.45) is -9.71. The second kappa shape index (κ2) is 16.8. The number of aliphatic carboxylic acids is 1. The highest BCUT2D eigenvalue weighted by Gasteiger charge is 2.50. The normalized spacial score (nSPS) is 37.6. The minimum Gasteiger partial charge on any atom is -0.481 e. The van der Waals surface area contributed by atoms with Crippen molar-refractivity contribution in [2.75, 3.05) is 6.61 Å². The van der Waals surface area contributed by atoms with Crippen LogP contribution in [0.1, 0.15) is 72.6 Å². The monoisotopic (exact) mass is 526 g/mol. The van der Waals surface area contributed by atoms with Gasteiger partial charge in [0, 0.05) is 6.42 Å². The van der Waals surface area contributed by atoms with Crippen LogP contribution in [0.15, 0.2) is 0 Å². The van der Waals surface area contributed by atoms with Crippen LogP contribution in [-0.2, 0) is 23.7 Å². The van der Waals surface area contributed by atoms with E-state index in [1.807, 2.05) is 20.8 Å². The number of carbonyl (C=O) groups is 1. The molecule has 11 unspecified atom stereocenters. The highest BCUT2D eigenvalue weighted by molar-refractivity contribution is 5.66. The summed E-state index contributed by atoms with van der Waals surface area (Å²) in [5.41, 5.74) is 0. The Hall–Kier alpha value is -0.930. The zero-order valence-corrected chi connectivity index (χ0v) is 21.7. The first-order valence-corrected chi connectivity index (χ1v) is 12.9. The molecule has 36 heavy (non-hydrogen) atoms. The van der Waals surface area contributed by atoms with E-state index in [-0.39, 0.29) is 12.5 Å². The van der Waals surface area contributed by atoms with Crippen LogP contribution in [-0.4, -0.2) is 116 Å². The first-order chi connectivity index (χ1) is 17.1. The number of aliphatic hydroxyl groups excluding tert-OH is 6. The molecule has 2 aliphatic rings. The maximum Gasteiger partial charge on any atom is 0.303 e. The standard InChI is InChI=1S/C22H40O12.C2H6/c1-3-12-15(26)18(29)20(34-21-19(30)17(28)16(27)13(10-23)33-21)22(32-12)31-11(2)8-6-4-5-7-9-14(24)25;1-2/h11-13,15-23,26-30H,3-10H2,1-2H3,(H,24,25);1-2H3. The van der Waals surface area contributed by atoms with Gasteiger partial charge in [-0.2, -0.15) is 0 Å². The van der Waals surface area contributed by atoms with Gasteiger partial charge in [0.05, 0.1) is 18.8 Å². The van der Waals surface area contributed by atoms with Gasteiger partial charge in [0.25, 0.3) is 0 Å². The largest absolute Gasteiger partial charge is 0.481 e. The first-order valence-electron chi connectivity index (χ1n) is 12.9. The summed E-state index contributed by atoms with van der Waals surface area (Å²) >= 11 is 0. The average molecular weight is 527 g/mol. The Kier molecular flexibility index (Phi) is 15.5. The lowest BCUT2D eigenvalue weighted by molar-refractivity contribution is -0.369. The van der Waals surface area contributed by atoms with Crippen molar-refractivity contribution < 1.29 is 59.5 Å². The lowest BCUT2D eigenvalue weighted by Crippen LogP contribution is -2.64. The molecule has 2 aliphatic heterocycles. The smallest absolute Gasteiger partial charge is 0.303 e. The van der Waals surface area contributed by atoms with E-state index in [1.54, 1.807) is 6.92 Å². The molecule has 12 nitrogen and oxygen atoms in total. The van der Waals surface area contributed by atoms with Crippen LogP contribution >= 0.6 is 0 Å². The van der Waals surface area contributed by atoms with Crippen molar-refractivity contribution in [2.45, 2.75) is 140 Å². The van der Waals surface area contributed by atoms with Gasteiger partial charge in [-0.15, -0.1) is 0 Å². The van der Waals surface area contributed by atoms with Crippen molar-refractivity contribution in [1.29, 1.82) is 0 Å².